The smallest absolute Gasteiger partial charge is 0.132 e. The van der Waals surface area contributed by atoms with Crippen molar-refractivity contribution in [3.8, 4) is 5.69 Å². The van der Waals surface area contributed by atoms with Gasteiger partial charge in [0.05, 0.1) is 11.9 Å². The van der Waals surface area contributed by atoms with Gasteiger partial charge in [-0.05, 0) is 31.5 Å². The molecule has 3 heteroatoms. The minimum absolute atomic E-state index is 0.636. The lowest BCUT2D eigenvalue weighted by atomic mass is 10.1. The molecule has 0 radical (unpaired) electrons. The lowest BCUT2D eigenvalue weighted by Crippen LogP contribution is -1.98. The van der Waals surface area contributed by atoms with Crippen molar-refractivity contribution in [2.45, 2.75) is 13.8 Å². The third-order valence-corrected chi connectivity index (χ3v) is 2.46. The van der Waals surface area contributed by atoms with E-state index in [-0.39, 0.29) is 0 Å². The van der Waals surface area contributed by atoms with Gasteiger partial charge in [-0.25, -0.2) is 4.68 Å². The molecule has 0 saturated carbocycles. The van der Waals surface area contributed by atoms with Crippen LogP contribution in [0.2, 0.25) is 5.15 Å². The van der Waals surface area contributed by atoms with Crippen LogP contribution < -0.4 is 0 Å². The zero-order valence-electron chi connectivity index (χ0n) is 8.16. The van der Waals surface area contributed by atoms with E-state index in [0.717, 1.165) is 5.69 Å². The molecule has 2 nitrogen and oxygen atoms in total. The Kier molecular flexibility index (Phi) is 2.30. The van der Waals surface area contributed by atoms with Crippen molar-refractivity contribution in [1.82, 2.24) is 9.78 Å². The van der Waals surface area contributed by atoms with Gasteiger partial charge >= 0.3 is 0 Å². The zero-order valence-corrected chi connectivity index (χ0v) is 8.92. The molecule has 0 saturated heterocycles. The molecule has 72 valence electrons. The average molecular weight is 207 g/mol. The first kappa shape index (κ1) is 9.28. The maximum atomic E-state index is 5.99. The fourth-order valence-electron chi connectivity index (χ4n) is 1.51. The van der Waals surface area contributed by atoms with Crippen molar-refractivity contribution in [3.63, 3.8) is 0 Å². The number of nitrogens with zero attached hydrogens (tertiary/aromatic N) is 2. The van der Waals surface area contributed by atoms with Crippen LogP contribution in [0.5, 0.6) is 0 Å². The number of benzene rings is 1. The normalized spacial score (nSPS) is 10.5. The van der Waals surface area contributed by atoms with E-state index in [2.05, 4.69) is 31.1 Å². The van der Waals surface area contributed by atoms with Gasteiger partial charge in [-0.2, -0.15) is 5.10 Å². The summed E-state index contributed by atoms with van der Waals surface area (Å²) in [7, 11) is 0. The Bertz CT molecular complexity index is 460. The number of rotatable bonds is 1. The van der Waals surface area contributed by atoms with Crippen molar-refractivity contribution < 1.29 is 0 Å². The summed E-state index contributed by atoms with van der Waals surface area (Å²) in [5.74, 6) is 0. The van der Waals surface area contributed by atoms with Crippen LogP contribution in [0.15, 0.2) is 30.5 Å². The van der Waals surface area contributed by atoms with Crippen LogP contribution in [-0.2, 0) is 0 Å². The molecule has 2 aromatic rings. The van der Waals surface area contributed by atoms with Gasteiger partial charge in [0.25, 0.3) is 0 Å². The first-order chi connectivity index (χ1) is 6.68. The van der Waals surface area contributed by atoms with Crippen LogP contribution in [-0.4, -0.2) is 9.78 Å². The van der Waals surface area contributed by atoms with E-state index in [1.165, 1.54) is 11.1 Å². The summed E-state index contributed by atoms with van der Waals surface area (Å²) >= 11 is 5.99. The molecule has 1 aromatic carbocycles. The Morgan fingerprint density at radius 2 is 2.00 bits per heavy atom. The van der Waals surface area contributed by atoms with Crippen LogP contribution in [0.4, 0.5) is 0 Å². The SMILES string of the molecule is Cc1ccc(-n2nccc2Cl)c(C)c1. The molecular formula is C11H11ClN2. The van der Waals surface area contributed by atoms with Crippen molar-refractivity contribution in [1.29, 1.82) is 0 Å². The first-order valence-corrected chi connectivity index (χ1v) is 4.83. The second kappa shape index (κ2) is 3.46. The molecule has 0 aliphatic carbocycles. The first-order valence-electron chi connectivity index (χ1n) is 4.45. The Balaban J connectivity index is 2.58. The minimum atomic E-state index is 0.636. The second-order valence-corrected chi connectivity index (χ2v) is 3.74. The summed E-state index contributed by atoms with van der Waals surface area (Å²) in [5.41, 5.74) is 3.45. The maximum absolute atomic E-state index is 5.99. The molecule has 0 unspecified atom stereocenters. The van der Waals surface area contributed by atoms with E-state index in [0.29, 0.717) is 5.15 Å². The fraction of sp³-hybridized carbons (Fsp3) is 0.182. The molecule has 1 heterocycles. The lowest BCUT2D eigenvalue weighted by Gasteiger charge is -2.07. The van der Waals surface area contributed by atoms with Gasteiger partial charge in [0.2, 0.25) is 0 Å². The van der Waals surface area contributed by atoms with Crippen LogP contribution in [0.1, 0.15) is 11.1 Å². The summed E-state index contributed by atoms with van der Waals surface area (Å²) in [4.78, 5) is 0. The van der Waals surface area contributed by atoms with Crippen molar-refractivity contribution >= 4 is 11.6 Å². The lowest BCUT2D eigenvalue weighted by molar-refractivity contribution is 0.873. The van der Waals surface area contributed by atoms with Gasteiger partial charge in [0, 0.05) is 0 Å². The molecule has 0 amide bonds. The highest BCUT2D eigenvalue weighted by Crippen LogP contribution is 2.19. The number of halogens is 1. The summed E-state index contributed by atoms with van der Waals surface area (Å²) in [5, 5.41) is 4.80. The average Bonchev–Trinajstić information content (AvgIpc) is 2.52. The highest BCUT2D eigenvalue weighted by Gasteiger charge is 2.04. The molecule has 2 rings (SSSR count). The Labute approximate surface area is 88.1 Å². The van der Waals surface area contributed by atoms with E-state index in [4.69, 9.17) is 11.6 Å². The standard InChI is InChI=1S/C11H11ClN2/c1-8-3-4-10(9(2)7-8)14-11(12)5-6-13-14/h3-7H,1-2H3. The Morgan fingerprint density at radius 3 is 2.57 bits per heavy atom. The highest BCUT2D eigenvalue weighted by molar-refractivity contribution is 6.29. The molecule has 0 aliphatic rings. The van der Waals surface area contributed by atoms with Crippen LogP contribution in [0, 0.1) is 13.8 Å². The summed E-state index contributed by atoms with van der Waals surface area (Å²) in [6, 6.07) is 7.98. The Morgan fingerprint density at radius 1 is 1.21 bits per heavy atom. The number of hydrogen-bond donors (Lipinski definition) is 0. The number of hydrogen-bond acceptors (Lipinski definition) is 1. The van der Waals surface area contributed by atoms with E-state index < -0.39 is 0 Å². The van der Waals surface area contributed by atoms with Crippen molar-refractivity contribution in [3.05, 3.63) is 46.7 Å². The van der Waals surface area contributed by atoms with Crippen LogP contribution >= 0.6 is 11.6 Å². The van der Waals surface area contributed by atoms with Gasteiger partial charge in [0.15, 0.2) is 0 Å². The van der Waals surface area contributed by atoms with Gasteiger partial charge in [0.1, 0.15) is 5.15 Å². The van der Waals surface area contributed by atoms with Gasteiger partial charge in [-0.1, -0.05) is 29.3 Å². The third kappa shape index (κ3) is 1.53. The van der Waals surface area contributed by atoms with Gasteiger partial charge in [-0.3, -0.25) is 0 Å². The van der Waals surface area contributed by atoms with Crippen molar-refractivity contribution in [2.75, 3.05) is 0 Å². The third-order valence-electron chi connectivity index (χ3n) is 2.18. The number of aryl methyl sites for hydroxylation is 2. The summed E-state index contributed by atoms with van der Waals surface area (Å²) in [6.07, 6.45) is 1.70. The molecule has 0 N–H and O–H groups in total. The maximum Gasteiger partial charge on any atom is 0.132 e. The monoisotopic (exact) mass is 206 g/mol. The summed E-state index contributed by atoms with van der Waals surface area (Å²) in [6.45, 7) is 4.13. The van der Waals surface area contributed by atoms with E-state index in [9.17, 15) is 0 Å². The van der Waals surface area contributed by atoms with Gasteiger partial charge in [-0.15, -0.1) is 0 Å². The van der Waals surface area contributed by atoms with Crippen molar-refractivity contribution in [2.24, 2.45) is 0 Å². The second-order valence-electron chi connectivity index (χ2n) is 3.36. The fourth-order valence-corrected chi connectivity index (χ4v) is 1.70. The van der Waals surface area contributed by atoms with E-state index >= 15 is 0 Å². The zero-order chi connectivity index (χ0) is 10.1. The minimum Gasteiger partial charge on any atom is -0.222 e. The van der Waals surface area contributed by atoms with Gasteiger partial charge < -0.3 is 0 Å². The highest BCUT2D eigenvalue weighted by atomic mass is 35.5. The predicted octanol–water partition coefficient (Wildman–Crippen LogP) is 3.14. The molecule has 0 bridgehead atoms. The van der Waals surface area contributed by atoms with Crippen LogP contribution in [0.25, 0.3) is 5.69 Å². The van der Waals surface area contributed by atoms with E-state index in [1.807, 2.05) is 6.07 Å². The largest absolute Gasteiger partial charge is 0.222 e. The molecule has 0 spiro atoms. The van der Waals surface area contributed by atoms with E-state index in [1.54, 1.807) is 16.9 Å². The topological polar surface area (TPSA) is 17.8 Å². The Hall–Kier alpha value is -1.28. The number of aromatic nitrogens is 2. The quantitative estimate of drug-likeness (QED) is 0.701. The molecule has 0 aliphatic heterocycles. The predicted molar refractivity (Wildman–Crippen MR) is 58.0 cm³/mol. The molecule has 1 aromatic heterocycles. The molecule has 0 atom stereocenters. The van der Waals surface area contributed by atoms with Crippen LogP contribution in [0.3, 0.4) is 0 Å². The molecular weight excluding hydrogens is 196 g/mol. The molecule has 14 heavy (non-hydrogen) atoms. The summed E-state index contributed by atoms with van der Waals surface area (Å²) < 4.78 is 1.73. The molecule has 0 fully saturated rings.